The largest absolute Gasteiger partial charge is 0.305 e. The zero-order valence-electron chi connectivity index (χ0n) is 38.4. The summed E-state index contributed by atoms with van der Waals surface area (Å²) < 4.78 is 29.6. The van der Waals surface area contributed by atoms with Gasteiger partial charge in [0.25, 0.3) is 0 Å². The predicted octanol–water partition coefficient (Wildman–Crippen LogP) is 15.4. The molecule has 1 radical (unpaired) electrons. The van der Waals surface area contributed by atoms with Gasteiger partial charge in [0.2, 0.25) is 0 Å². The van der Waals surface area contributed by atoms with E-state index in [1.807, 2.05) is 60.9 Å². The fourth-order valence-corrected chi connectivity index (χ4v) is 11.0. The van der Waals surface area contributed by atoms with E-state index in [1.54, 1.807) is 11.3 Å². The van der Waals surface area contributed by atoms with Crippen molar-refractivity contribution in [3.8, 4) is 44.8 Å². The third-order valence-corrected chi connectivity index (χ3v) is 14.9. The minimum atomic E-state index is -1.74. The van der Waals surface area contributed by atoms with Crippen LogP contribution in [0.1, 0.15) is 79.9 Å². The molecule has 0 aliphatic heterocycles. The molecule has 3 aromatic heterocycles. The van der Waals surface area contributed by atoms with Crippen molar-refractivity contribution < 1.29 is 24.2 Å². The molecule has 9 rings (SSSR count). The number of thiophene rings is 1. The Labute approximate surface area is 381 Å². The molecule has 3 heterocycles. The maximum Gasteiger partial charge on any atom is 0.0798 e. The Balaban J connectivity index is 0.000000186. The van der Waals surface area contributed by atoms with Crippen molar-refractivity contribution >= 4 is 44.8 Å². The Morgan fingerprint density at radius 3 is 2.10 bits per heavy atom. The number of hydrogen-bond acceptors (Lipinski definition) is 3. The quantitative estimate of drug-likeness (QED) is 0.101. The smallest absolute Gasteiger partial charge is 0.0798 e. The topological polar surface area (TPSA) is 25.8 Å². The van der Waals surface area contributed by atoms with Gasteiger partial charge in [0, 0.05) is 41.3 Å². The molecule has 2 nitrogen and oxygen atoms in total. The van der Waals surface area contributed by atoms with Gasteiger partial charge in [-0.3, -0.25) is 0 Å². The second-order valence-corrected chi connectivity index (χ2v) is 22.8. The molecule has 0 N–H and O–H groups in total. The third-order valence-electron chi connectivity index (χ3n) is 11.7. The van der Waals surface area contributed by atoms with Gasteiger partial charge < -0.3 is 9.97 Å². The minimum Gasteiger partial charge on any atom is -0.305 e. The Morgan fingerprint density at radius 2 is 1.43 bits per heavy atom. The van der Waals surface area contributed by atoms with Crippen LogP contribution in [0.3, 0.4) is 0 Å². The fraction of sp³-hybridized carbons (Fsp3) is 0.273. The zero-order valence-corrected chi connectivity index (χ0v) is 39.7. The number of aromatic nitrogens is 2. The molecule has 1 saturated carbocycles. The summed E-state index contributed by atoms with van der Waals surface area (Å²) in [5, 5.41) is 3.65. The van der Waals surface area contributed by atoms with Crippen LogP contribution in [0.15, 0.2) is 140 Å². The maximum atomic E-state index is 9.14. The van der Waals surface area contributed by atoms with Crippen LogP contribution in [0.5, 0.6) is 0 Å². The third kappa shape index (κ3) is 9.98. The molecular weight excluding hydrogens is 941 g/mol. The summed E-state index contributed by atoms with van der Waals surface area (Å²) in [5.74, 6) is -0.480. The van der Waals surface area contributed by atoms with Crippen LogP contribution in [-0.4, -0.2) is 18.0 Å². The first-order valence-electron chi connectivity index (χ1n) is 22.9. The average molecular weight is 1000 g/mol. The van der Waals surface area contributed by atoms with Crippen molar-refractivity contribution in [2.45, 2.75) is 90.7 Å². The van der Waals surface area contributed by atoms with E-state index in [9.17, 15) is 0 Å². The van der Waals surface area contributed by atoms with Crippen LogP contribution >= 0.6 is 11.3 Å². The first kappa shape index (κ1) is 39.6. The van der Waals surface area contributed by atoms with Gasteiger partial charge in [0.05, 0.1) is 8.07 Å². The first-order chi connectivity index (χ1) is 29.9. The number of nitrogens with zero attached hydrogens (tertiary/aromatic N) is 2. The van der Waals surface area contributed by atoms with Crippen LogP contribution in [0.4, 0.5) is 0 Å². The van der Waals surface area contributed by atoms with E-state index in [4.69, 9.17) is 9.10 Å². The number of fused-ring (bicyclic) bond motifs is 3. The molecule has 0 unspecified atom stereocenters. The van der Waals surface area contributed by atoms with E-state index in [1.165, 1.54) is 43.3 Å². The number of pyridine rings is 2. The van der Waals surface area contributed by atoms with Gasteiger partial charge in [0.1, 0.15) is 0 Å². The Kier molecular flexibility index (Phi) is 13.1. The van der Waals surface area contributed by atoms with Gasteiger partial charge in [-0.2, -0.15) is 11.3 Å². The Bertz CT molecular complexity index is 2770. The Morgan fingerprint density at radius 1 is 0.733 bits per heavy atom. The summed E-state index contributed by atoms with van der Waals surface area (Å²) in [6.45, 7) is 11.0. The summed E-state index contributed by atoms with van der Waals surface area (Å²) >= 11 is 1.80. The normalized spacial score (nSPS) is 14.4. The van der Waals surface area contributed by atoms with Gasteiger partial charge in [0.15, 0.2) is 0 Å². The van der Waals surface area contributed by atoms with Crippen LogP contribution in [0.2, 0.25) is 19.6 Å². The van der Waals surface area contributed by atoms with Gasteiger partial charge >= 0.3 is 0 Å². The van der Waals surface area contributed by atoms with Crippen molar-refractivity contribution in [3.05, 3.63) is 163 Å². The van der Waals surface area contributed by atoms with Gasteiger partial charge in [-0.25, -0.2) is 0 Å². The zero-order chi connectivity index (χ0) is 43.5. The molecule has 1 aliphatic carbocycles. The summed E-state index contributed by atoms with van der Waals surface area (Å²) in [4.78, 5) is 9.44. The number of benzene rings is 5. The van der Waals surface area contributed by atoms with E-state index < -0.39 is 20.3 Å². The second kappa shape index (κ2) is 19.9. The van der Waals surface area contributed by atoms with Crippen LogP contribution < -0.4 is 5.19 Å². The fourth-order valence-electron chi connectivity index (χ4n) is 8.37. The molecule has 5 aromatic carbocycles. The van der Waals surface area contributed by atoms with E-state index in [2.05, 4.69) is 129 Å². The van der Waals surface area contributed by atoms with Crippen molar-refractivity contribution in [3.63, 3.8) is 0 Å². The molecule has 0 spiro atoms. The second-order valence-electron chi connectivity index (χ2n) is 16.7. The molecule has 307 valence electrons. The molecule has 1 fully saturated rings. The van der Waals surface area contributed by atoms with Gasteiger partial charge in [-0.05, 0) is 80.9 Å². The summed E-state index contributed by atoms with van der Waals surface area (Å²) in [6, 6.07) is 50.8. The Hall–Kier alpha value is -4.51. The molecular formula is C55H56IrN2SSi-2. The van der Waals surface area contributed by atoms with E-state index >= 15 is 0 Å². The van der Waals surface area contributed by atoms with Crippen molar-refractivity contribution in [2.24, 2.45) is 5.92 Å². The maximum absolute atomic E-state index is 9.14. The van der Waals surface area contributed by atoms with Crippen molar-refractivity contribution in [1.82, 2.24) is 9.97 Å². The molecule has 1 aliphatic rings. The van der Waals surface area contributed by atoms with Crippen LogP contribution in [0, 0.1) is 18.1 Å². The van der Waals surface area contributed by atoms with Gasteiger partial charge in [-0.15, -0.1) is 53.6 Å². The minimum absolute atomic E-state index is 0. The van der Waals surface area contributed by atoms with Crippen molar-refractivity contribution in [1.29, 1.82) is 0 Å². The molecule has 8 aromatic rings. The van der Waals surface area contributed by atoms with Gasteiger partial charge in [-0.1, -0.05) is 178 Å². The van der Waals surface area contributed by atoms with Crippen LogP contribution in [-0.2, 0) is 26.5 Å². The monoisotopic (exact) mass is 1000 g/mol. The number of hydrogen-bond donors (Lipinski definition) is 0. The van der Waals surface area contributed by atoms with Crippen LogP contribution in [0.25, 0.3) is 64.9 Å². The van der Waals surface area contributed by atoms with E-state index in [-0.39, 0.29) is 26.0 Å². The number of rotatable bonds is 10. The molecule has 0 amide bonds. The summed E-state index contributed by atoms with van der Waals surface area (Å²) in [7, 11) is -1.74. The molecule has 0 saturated heterocycles. The summed E-state index contributed by atoms with van der Waals surface area (Å²) in [5.41, 5.74) is 10.3. The SMILES string of the molecule is [2H]C(CC)(CC)c1ccnc(-c2[c-]ccc3c2sc2cc(-c4ccccc4)ccc23)c1.[2H]C([2H])(c1cc(-c2[c-]cc(-c3ccccc3)cc2)ncc1[Si](C)(C)C)C1CCCCC1.[Ir]. The first-order valence-corrected chi connectivity index (χ1v) is 25.7. The predicted molar refractivity (Wildman–Crippen MR) is 257 cm³/mol. The van der Waals surface area contributed by atoms with E-state index in [0.29, 0.717) is 0 Å². The molecule has 0 bridgehead atoms. The molecule has 5 heteroatoms. The van der Waals surface area contributed by atoms with E-state index in [0.717, 1.165) is 82.9 Å². The average Bonchev–Trinajstić information content (AvgIpc) is 3.70. The molecule has 60 heavy (non-hydrogen) atoms. The summed E-state index contributed by atoms with van der Waals surface area (Å²) in [6.07, 6.45) is 9.51. The standard InChI is InChI=1S/C28H24NS.C27H32NSi.Ir/c1-3-19(4-2)22-15-16-29-26(17-22)25-12-8-11-24-23-14-13-21(18-27(23)30-28(24)25)20-9-6-5-7-10-20;1-29(2,3)27-20-28-26(19-25(27)18-21-10-6-4-7-11-21)24-16-14-23(15-17-24)22-12-8-5-9-13-22;/h5-11,13-19H,3-4H2,1-2H3;5,8-9,12-16,19-21H,4,6-7,10-11,18H2,1-3H3;/q2*-1;/i19D;18D2;. The van der Waals surface area contributed by atoms with Crippen molar-refractivity contribution in [2.75, 3.05) is 0 Å². The molecule has 0 atom stereocenters.